The van der Waals surface area contributed by atoms with Crippen molar-refractivity contribution in [3.05, 3.63) is 19.2 Å². The lowest BCUT2D eigenvalue weighted by Gasteiger charge is -2.21. The van der Waals surface area contributed by atoms with E-state index < -0.39 is 11.9 Å². The third-order valence-corrected chi connectivity index (χ3v) is 4.79. The average molecular weight is 396 g/mol. The molecule has 0 aromatic carbocycles. The Morgan fingerprint density at radius 3 is 2.72 bits per heavy atom. The first kappa shape index (κ1) is 13.7. The van der Waals surface area contributed by atoms with Gasteiger partial charge in [-0.25, -0.2) is 0 Å². The zero-order valence-corrected chi connectivity index (χ0v) is 12.9. The van der Waals surface area contributed by atoms with Crippen LogP contribution in [0.4, 0.5) is 0 Å². The molecule has 1 saturated heterocycles. The van der Waals surface area contributed by atoms with Gasteiger partial charge < -0.3 is 5.32 Å². The number of halogens is 2. The van der Waals surface area contributed by atoms with Crippen molar-refractivity contribution in [2.24, 2.45) is 0 Å². The van der Waals surface area contributed by atoms with E-state index in [-0.39, 0.29) is 18.2 Å². The third kappa shape index (κ3) is 2.99. The molecule has 0 spiro atoms. The summed E-state index contributed by atoms with van der Waals surface area (Å²) < 4.78 is 1.52. The topological polar surface area (TPSA) is 75.3 Å². The molecule has 1 aromatic heterocycles. The highest BCUT2D eigenvalue weighted by Crippen LogP contribution is 2.31. The van der Waals surface area contributed by atoms with E-state index in [1.165, 1.54) is 11.3 Å². The lowest BCUT2D eigenvalue weighted by Crippen LogP contribution is -2.52. The first-order valence-electron chi connectivity index (χ1n) is 5.07. The van der Waals surface area contributed by atoms with Gasteiger partial charge in [-0.05, 0) is 44.3 Å². The summed E-state index contributed by atoms with van der Waals surface area (Å²) in [7, 11) is 0. The van der Waals surface area contributed by atoms with Crippen molar-refractivity contribution in [1.82, 2.24) is 10.6 Å². The lowest BCUT2D eigenvalue weighted by atomic mass is 10.1. The zero-order valence-electron chi connectivity index (χ0n) is 8.96. The van der Waals surface area contributed by atoms with Crippen LogP contribution in [0.1, 0.15) is 23.2 Å². The Balaban J connectivity index is 2.06. The van der Waals surface area contributed by atoms with Crippen LogP contribution in [0.5, 0.6) is 0 Å². The normalized spacial score (nSPS) is 19.6. The standard InChI is InChI=1S/C10H8Br2N2O3S/c11-6-3-4(8(12)18-6)9(16)13-5-1-2-7(15)14-10(5)17/h3,5H,1-2H2,(H,13,16)(H,14,15,17). The van der Waals surface area contributed by atoms with Gasteiger partial charge in [0.05, 0.1) is 13.1 Å². The maximum Gasteiger partial charge on any atom is 0.253 e. The minimum atomic E-state index is -0.652. The number of rotatable bonds is 2. The Kier molecular flexibility index (Phi) is 4.18. The van der Waals surface area contributed by atoms with E-state index in [0.29, 0.717) is 15.8 Å². The van der Waals surface area contributed by atoms with Crippen LogP contribution in [0.2, 0.25) is 0 Å². The van der Waals surface area contributed by atoms with Crippen LogP contribution in [-0.2, 0) is 9.59 Å². The second kappa shape index (κ2) is 5.50. The molecule has 2 N–H and O–H groups in total. The number of carbonyl (C=O) groups is 3. The summed E-state index contributed by atoms with van der Waals surface area (Å²) in [5, 5.41) is 4.81. The summed E-state index contributed by atoms with van der Waals surface area (Å²) in [4.78, 5) is 34.4. The van der Waals surface area contributed by atoms with Crippen molar-refractivity contribution in [1.29, 1.82) is 0 Å². The van der Waals surface area contributed by atoms with Gasteiger partial charge in [0.1, 0.15) is 6.04 Å². The molecule has 0 radical (unpaired) electrons. The van der Waals surface area contributed by atoms with Gasteiger partial charge in [-0.15, -0.1) is 11.3 Å². The summed E-state index contributed by atoms with van der Waals surface area (Å²) >= 11 is 7.94. The third-order valence-electron chi connectivity index (χ3n) is 2.45. The van der Waals surface area contributed by atoms with E-state index >= 15 is 0 Å². The zero-order chi connectivity index (χ0) is 13.3. The van der Waals surface area contributed by atoms with Crippen LogP contribution < -0.4 is 10.6 Å². The molecule has 5 nitrogen and oxygen atoms in total. The number of nitrogens with one attached hydrogen (secondary N) is 2. The van der Waals surface area contributed by atoms with Crippen LogP contribution >= 0.6 is 43.2 Å². The fraction of sp³-hybridized carbons (Fsp3) is 0.300. The van der Waals surface area contributed by atoms with Gasteiger partial charge >= 0.3 is 0 Å². The van der Waals surface area contributed by atoms with Crippen molar-refractivity contribution in [3.8, 4) is 0 Å². The molecule has 96 valence electrons. The summed E-state index contributed by atoms with van der Waals surface area (Å²) in [6, 6.07) is 1.02. The lowest BCUT2D eigenvalue weighted by molar-refractivity contribution is -0.134. The Hall–Kier alpha value is -0.730. The minimum absolute atomic E-state index is 0.241. The van der Waals surface area contributed by atoms with E-state index in [1.807, 2.05) is 0 Å². The van der Waals surface area contributed by atoms with Crippen LogP contribution in [0, 0.1) is 0 Å². The molecule has 1 aliphatic rings. The molecule has 2 heterocycles. The first-order valence-corrected chi connectivity index (χ1v) is 7.47. The van der Waals surface area contributed by atoms with Crippen molar-refractivity contribution < 1.29 is 14.4 Å². The molecule has 1 aliphatic heterocycles. The fourth-order valence-electron chi connectivity index (χ4n) is 1.56. The molecule has 0 saturated carbocycles. The highest BCUT2D eigenvalue weighted by Gasteiger charge is 2.28. The van der Waals surface area contributed by atoms with Gasteiger partial charge in [-0.1, -0.05) is 0 Å². The molecule has 2 rings (SSSR count). The van der Waals surface area contributed by atoms with Gasteiger partial charge in [0.25, 0.3) is 5.91 Å². The number of amides is 3. The monoisotopic (exact) mass is 394 g/mol. The summed E-state index contributed by atoms with van der Waals surface area (Å²) in [5.74, 6) is -1.09. The predicted molar refractivity (Wildman–Crippen MR) is 73.4 cm³/mol. The Morgan fingerprint density at radius 1 is 1.44 bits per heavy atom. The minimum Gasteiger partial charge on any atom is -0.340 e. The first-order chi connectivity index (χ1) is 8.47. The van der Waals surface area contributed by atoms with E-state index in [4.69, 9.17) is 0 Å². The van der Waals surface area contributed by atoms with E-state index in [1.54, 1.807) is 6.07 Å². The number of hydrogen-bond donors (Lipinski definition) is 2. The second-order valence-electron chi connectivity index (χ2n) is 3.72. The molecule has 1 fully saturated rings. The molecule has 3 amide bonds. The Morgan fingerprint density at radius 2 is 2.17 bits per heavy atom. The molecule has 18 heavy (non-hydrogen) atoms. The number of carbonyl (C=O) groups excluding carboxylic acids is 3. The molecule has 8 heteroatoms. The molecular formula is C10H8Br2N2O3S. The highest BCUT2D eigenvalue weighted by molar-refractivity contribution is 9.12. The molecule has 1 unspecified atom stereocenters. The van der Waals surface area contributed by atoms with E-state index in [0.717, 1.165) is 3.79 Å². The Bertz CT molecular complexity index is 529. The number of piperidine rings is 1. The summed E-state index contributed by atoms with van der Waals surface area (Å²) in [6.45, 7) is 0. The van der Waals surface area contributed by atoms with Crippen LogP contribution in [0.15, 0.2) is 13.6 Å². The number of thiophene rings is 1. The van der Waals surface area contributed by atoms with Crippen molar-refractivity contribution in [2.45, 2.75) is 18.9 Å². The fourth-order valence-corrected chi connectivity index (χ4v) is 4.36. The van der Waals surface area contributed by atoms with Crippen LogP contribution in [-0.4, -0.2) is 23.8 Å². The van der Waals surface area contributed by atoms with Crippen molar-refractivity contribution in [2.75, 3.05) is 0 Å². The van der Waals surface area contributed by atoms with Gasteiger partial charge in [0.2, 0.25) is 11.8 Å². The molecular weight excluding hydrogens is 388 g/mol. The Labute approximate surface area is 124 Å². The number of hydrogen-bond acceptors (Lipinski definition) is 4. The molecule has 1 aromatic rings. The van der Waals surface area contributed by atoms with Gasteiger partial charge in [0, 0.05) is 6.42 Å². The average Bonchev–Trinajstić information content (AvgIpc) is 2.62. The SMILES string of the molecule is O=C1CCC(NC(=O)c2cc(Br)sc2Br)C(=O)N1. The highest BCUT2D eigenvalue weighted by atomic mass is 79.9. The molecule has 0 aliphatic carbocycles. The molecule has 1 atom stereocenters. The van der Waals surface area contributed by atoms with E-state index in [2.05, 4.69) is 42.5 Å². The summed E-state index contributed by atoms with van der Waals surface area (Å²) in [6.07, 6.45) is 0.574. The smallest absolute Gasteiger partial charge is 0.253 e. The maximum atomic E-state index is 12.0. The van der Waals surface area contributed by atoms with E-state index in [9.17, 15) is 14.4 Å². The van der Waals surface area contributed by atoms with Gasteiger partial charge in [-0.3, -0.25) is 19.7 Å². The predicted octanol–water partition coefficient (Wildman–Crippen LogP) is 1.81. The summed E-state index contributed by atoms with van der Waals surface area (Å²) in [5.41, 5.74) is 0.469. The van der Waals surface area contributed by atoms with Crippen LogP contribution in [0.25, 0.3) is 0 Å². The molecule has 0 bridgehead atoms. The van der Waals surface area contributed by atoms with Gasteiger partial charge in [-0.2, -0.15) is 0 Å². The largest absolute Gasteiger partial charge is 0.340 e. The van der Waals surface area contributed by atoms with Crippen LogP contribution in [0.3, 0.4) is 0 Å². The van der Waals surface area contributed by atoms with Crippen molar-refractivity contribution >= 4 is 60.9 Å². The van der Waals surface area contributed by atoms with Gasteiger partial charge in [0.15, 0.2) is 0 Å². The van der Waals surface area contributed by atoms with Crippen molar-refractivity contribution in [3.63, 3.8) is 0 Å². The maximum absolute atomic E-state index is 12.0. The quantitative estimate of drug-likeness (QED) is 0.750. The number of imide groups is 1. The second-order valence-corrected chi connectivity index (χ2v) is 7.46.